The van der Waals surface area contributed by atoms with Gasteiger partial charge in [-0.15, -0.1) is 0 Å². The second kappa shape index (κ2) is 7.42. The molecule has 1 heterocycles. The topological polar surface area (TPSA) is 99.1 Å². The Morgan fingerprint density at radius 1 is 1.20 bits per heavy atom. The molecule has 0 aromatic carbocycles. The zero-order valence-electron chi connectivity index (χ0n) is 20.9. The molecule has 5 rings (SSSR count). The highest BCUT2D eigenvalue weighted by Crippen LogP contribution is 2.73. The molecule has 4 aliphatic carbocycles. The van der Waals surface area contributed by atoms with Crippen molar-refractivity contribution in [2.45, 2.75) is 102 Å². The van der Waals surface area contributed by atoms with Crippen LogP contribution < -0.4 is 0 Å². The molecule has 0 unspecified atom stereocenters. The van der Waals surface area contributed by atoms with Crippen molar-refractivity contribution in [3.63, 3.8) is 0 Å². The fourth-order valence-electron chi connectivity index (χ4n) is 8.43. The first-order valence-corrected chi connectivity index (χ1v) is 12.4. The maximum atomic E-state index is 17.3. The lowest BCUT2D eigenvalue weighted by Gasteiger charge is -2.64. The second-order valence-electron chi connectivity index (χ2n) is 12.0. The predicted octanol–water partition coefficient (Wildman–Crippen LogP) is 3.16. The van der Waals surface area contributed by atoms with Crippen LogP contribution in [0.15, 0.2) is 11.6 Å². The van der Waals surface area contributed by atoms with Crippen molar-refractivity contribution in [2.24, 2.45) is 22.7 Å². The molecule has 5 aliphatic rings. The van der Waals surface area contributed by atoms with Crippen LogP contribution in [-0.2, 0) is 28.6 Å². The number of Topliss-reactive ketones (excluding diaryl/α,β-unsaturated/α-hetero) is 1. The molecule has 1 aliphatic heterocycles. The zero-order chi connectivity index (χ0) is 25.8. The summed E-state index contributed by atoms with van der Waals surface area (Å²) in [5.41, 5.74) is -6.06. The number of esters is 1. The summed E-state index contributed by atoms with van der Waals surface area (Å²) in [6, 6.07) is 0. The summed E-state index contributed by atoms with van der Waals surface area (Å²) < 4.78 is 50.4. The average molecular weight is 497 g/mol. The molecule has 0 spiro atoms. The lowest BCUT2D eigenvalue weighted by atomic mass is 9.43. The number of carbonyl (C=O) groups excluding carboxylic acids is 3. The van der Waals surface area contributed by atoms with E-state index in [1.54, 1.807) is 27.7 Å². The summed E-state index contributed by atoms with van der Waals surface area (Å²) in [4.78, 5) is 37.2. The Kier molecular flexibility index (Phi) is 5.29. The standard InChI is InChI=1S/C26H34F2O7/c1-13(29)33-12-20(32)26-21(34-22(2,3)35-26)10-15-16-9-18(27)17-8-14(30)6-7-23(17,4)25(16,28)19(31)11-24(15,26)5/h8,15-16,18-19,21,31H,6-7,9-12H2,1-5H3/t15-,16-,18-,19-,21-,23-,24-,25-,26+/m0/s1. The molecular weight excluding hydrogens is 462 g/mol. The number of fused-ring (bicyclic) bond motifs is 7. The van der Waals surface area contributed by atoms with Gasteiger partial charge in [-0.05, 0) is 57.1 Å². The minimum Gasteiger partial charge on any atom is -0.458 e. The molecule has 0 aromatic rings. The van der Waals surface area contributed by atoms with Gasteiger partial charge in [-0.25, -0.2) is 8.78 Å². The summed E-state index contributed by atoms with van der Waals surface area (Å²) >= 11 is 0. The van der Waals surface area contributed by atoms with Gasteiger partial charge in [-0.1, -0.05) is 13.8 Å². The number of rotatable bonds is 3. The fraction of sp³-hybridized carbons (Fsp3) is 0.808. The molecule has 1 N–H and O–H groups in total. The molecule has 0 bridgehead atoms. The molecule has 9 atom stereocenters. The van der Waals surface area contributed by atoms with Gasteiger partial charge in [-0.2, -0.15) is 0 Å². The number of carbonyl (C=O) groups is 3. The van der Waals surface area contributed by atoms with Crippen LogP contribution in [0.1, 0.15) is 66.7 Å². The normalized spacial score (nSPS) is 49.9. The Balaban J connectivity index is 1.61. The number of aliphatic hydroxyl groups excluding tert-OH is 1. The first-order valence-electron chi connectivity index (χ1n) is 12.4. The lowest BCUT2D eigenvalue weighted by Crippen LogP contribution is -2.71. The van der Waals surface area contributed by atoms with E-state index in [-0.39, 0.29) is 43.5 Å². The van der Waals surface area contributed by atoms with E-state index < -0.39 is 76.5 Å². The summed E-state index contributed by atoms with van der Waals surface area (Å²) in [5, 5.41) is 11.5. The van der Waals surface area contributed by atoms with E-state index in [0.717, 1.165) is 0 Å². The first-order chi connectivity index (χ1) is 16.1. The van der Waals surface area contributed by atoms with Crippen molar-refractivity contribution in [3.8, 4) is 0 Å². The Bertz CT molecular complexity index is 1030. The number of allylic oxidation sites excluding steroid dienone is 1. The molecule has 3 saturated carbocycles. The van der Waals surface area contributed by atoms with Crippen molar-refractivity contribution in [1.29, 1.82) is 0 Å². The highest BCUT2D eigenvalue weighted by molar-refractivity contribution is 5.93. The average Bonchev–Trinajstić information content (AvgIpc) is 3.16. The Labute approximate surface area is 203 Å². The van der Waals surface area contributed by atoms with E-state index in [2.05, 4.69) is 0 Å². The van der Waals surface area contributed by atoms with Crippen LogP contribution in [0.4, 0.5) is 8.78 Å². The Morgan fingerprint density at radius 2 is 1.89 bits per heavy atom. The minimum atomic E-state index is -2.18. The van der Waals surface area contributed by atoms with Crippen LogP contribution in [0.25, 0.3) is 0 Å². The lowest BCUT2D eigenvalue weighted by molar-refractivity contribution is -0.254. The maximum absolute atomic E-state index is 17.3. The van der Waals surface area contributed by atoms with Crippen LogP contribution in [0, 0.1) is 22.7 Å². The smallest absolute Gasteiger partial charge is 0.303 e. The van der Waals surface area contributed by atoms with E-state index in [9.17, 15) is 19.5 Å². The van der Waals surface area contributed by atoms with Gasteiger partial charge in [0.15, 0.2) is 23.8 Å². The van der Waals surface area contributed by atoms with Crippen LogP contribution in [0.2, 0.25) is 0 Å². The van der Waals surface area contributed by atoms with Gasteiger partial charge < -0.3 is 19.3 Å². The van der Waals surface area contributed by atoms with Gasteiger partial charge in [0.05, 0.1) is 12.2 Å². The van der Waals surface area contributed by atoms with Gasteiger partial charge in [0.25, 0.3) is 0 Å². The van der Waals surface area contributed by atoms with Crippen LogP contribution >= 0.6 is 0 Å². The number of hydrogen-bond donors (Lipinski definition) is 1. The van der Waals surface area contributed by atoms with Crippen molar-refractivity contribution in [2.75, 3.05) is 6.61 Å². The predicted molar refractivity (Wildman–Crippen MR) is 119 cm³/mol. The number of aliphatic hydroxyl groups is 1. The maximum Gasteiger partial charge on any atom is 0.303 e. The third-order valence-electron chi connectivity index (χ3n) is 9.84. The Morgan fingerprint density at radius 3 is 2.54 bits per heavy atom. The highest BCUT2D eigenvalue weighted by Gasteiger charge is 2.80. The first kappa shape index (κ1) is 25.0. The second-order valence-corrected chi connectivity index (χ2v) is 12.0. The van der Waals surface area contributed by atoms with E-state index in [0.29, 0.717) is 0 Å². The molecule has 0 amide bonds. The molecular formula is C26H34F2O7. The Hall–Kier alpha value is -1.71. The SMILES string of the molecule is CC(=O)OCC(=O)[C@@]12OC(C)(C)O[C@H]1C[C@H]1[C@@H]3C[C@H](F)C4=CC(=O)CC[C@]4(C)[C@@]3(F)[C@@H](O)C[C@@]12C. The summed E-state index contributed by atoms with van der Waals surface area (Å²) in [7, 11) is 0. The number of alkyl halides is 2. The molecule has 9 heteroatoms. The van der Waals surface area contributed by atoms with Gasteiger partial charge >= 0.3 is 5.97 Å². The van der Waals surface area contributed by atoms with Crippen molar-refractivity contribution < 1.29 is 42.5 Å². The van der Waals surface area contributed by atoms with Crippen LogP contribution in [0.5, 0.6) is 0 Å². The minimum absolute atomic E-state index is 0.0909. The van der Waals surface area contributed by atoms with Crippen molar-refractivity contribution in [3.05, 3.63) is 11.6 Å². The number of ketones is 2. The van der Waals surface area contributed by atoms with Gasteiger partial charge in [-0.3, -0.25) is 14.4 Å². The van der Waals surface area contributed by atoms with Gasteiger partial charge in [0.1, 0.15) is 11.8 Å². The molecule has 1 saturated heterocycles. The molecule has 0 aromatic heterocycles. The molecule has 35 heavy (non-hydrogen) atoms. The number of halogens is 2. The van der Waals surface area contributed by atoms with Crippen molar-refractivity contribution >= 4 is 17.5 Å². The van der Waals surface area contributed by atoms with E-state index >= 15 is 8.78 Å². The summed E-state index contributed by atoms with van der Waals surface area (Å²) in [6.07, 6.45) is -2.44. The van der Waals surface area contributed by atoms with E-state index in [4.69, 9.17) is 14.2 Å². The fourth-order valence-corrected chi connectivity index (χ4v) is 8.43. The number of ether oxygens (including phenoxy) is 3. The number of hydrogen-bond acceptors (Lipinski definition) is 7. The van der Waals surface area contributed by atoms with Crippen molar-refractivity contribution in [1.82, 2.24) is 0 Å². The summed E-state index contributed by atoms with van der Waals surface area (Å²) in [6.45, 7) is 7.42. The molecule has 194 valence electrons. The third kappa shape index (κ3) is 3.01. The van der Waals surface area contributed by atoms with Crippen LogP contribution in [-0.4, -0.2) is 64.7 Å². The largest absolute Gasteiger partial charge is 0.458 e. The quantitative estimate of drug-likeness (QED) is 0.599. The van der Waals surface area contributed by atoms with Crippen LogP contribution in [0.3, 0.4) is 0 Å². The summed E-state index contributed by atoms with van der Waals surface area (Å²) in [5.74, 6) is -3.93. The van der Waals surface area contributed by atoms with E-state index in [1.807, 2.05) is 0 Å². The molecule has 4 fully saturated rings. The molecule has 7 nitrogen and oxygen atoms in total. The third-order valence-corrected chi connectivity index (χ3v) is 9.84. The molecule has 0 radical (unpaired) electrons. The van der Waals surface area contributed by atoms with Gasteiger partial charge in [0, 0.05) is 30.1 Å². The highest BCUT2D eigenvalue weighted by atomic mass is 19.1. The zero-order valence-corrected chi connectivity index (χ0v) is 20.9. The van der Waals surface area contributed by atoms with Gasteiger partial charge in [0.2, 0.25) is 5.78 Å². The monoisotopic (exact) mass is 496 g/mol. The van der Waals surface area contributed by atoms with E-state index in [1.165, 1.54) is 13.0 Å².